The molecule has 0 radical (unpaired) electrons. The number of hydrogen-bond donors (Lipinski definition) is 3. The molecule has 3 atom stereocenters. The molecule has 2 aromatic heterocycles. The van der Waals surface area contributed by atoms with Crippen LogP contribution in [0.5, 0.6) is 0 Å². The summed E-state index contributed by atoms with van der Waals surface area (Å²) in [7, 11) is 0. The summed E-state index contributed by atoms with van der Waals surface area (Å²) in [5, 5.41) is 23.8. The van der Waals surface area contributed by atoms with Gasteiger partial charge in [0, 0.05) is 11.8 Å². The van der Waals surface area contributed by atoms with Crippen molar-refractivity contribution in [3.8, 4) is 11.3 Å². The summed E-state index contributed by atoms with van der Waals surface area (Å²) >= 11 is 0. The fraction of sp³-hybridized carbons (Fsp3) is 0.278. The van der Waals surface area contributed by atoms with Crippen molar-refractivity contribution in [2.75, 3.05) is 0 Å². The summed E-state index contributed by atoms with van der Waals surface area (Å²) in [4.78, 5) is 12.7. The van der Waals surface area contributed by atoms with Crippen molar-refractivity contribution in [2.45, 2.75) is 31.5 Å². The summed E-state index contributed by atoms with van der Waals surface area (Å²) < 4.78 is 15.7. The van der Waals surface area contributed by atoms with Gasteiger partial charge in [0.1, 0.15) is 5.82 Å². The van der Waals surface area contributed by atoms with Crippen LogP contribution in [0, 0.1) is 12.7 Å². The molecule has 1 aliphatic rings. The van der Waals surface area contributed by atoms with Crippen molar-refractivity contribution in [3.63, 3.8) is 0 Å². The largest absolute Gasteiger partial charge is 0.391 e. The van der Waals surface area contributed by atoms with E-state index in [1.807, 2.05) is 13.1 Å². The first kappa shape index (κ1) is 16.5. The molecule has 4 rings (SSSR count). The number of nitrogens with zero attached hydrogens (tertiary/aromatic N) is 3. The van der Waals surface area contributed by atoms with Gasteiger partial charge >= 0.3 is 0 Å². The Morgan fingerprint density at radius 2 is 2.19 bits per heavy atom. The van der Waals surface area contributed by atoms with Gasteiger partial charge in [-0.1, -0.05) is 12.1 Å². The van der Waals surface area contributed by atoms with Crippen LogP contribution in [0.25, 0.3) is 11.3 Å². The van der Waals surface area contributed by atoms with E-state index in [0.29, 0.717) is 12.1 Å². The van der Waals surface area contributed by atoms with Crippen molar-refractivity contribution >= 4 is 5.91 Å². The van der Waals surface area contributed by atoms with E-state index < -0.39 is 11.9 Å². The molecule has 3 N–H and O–H groups in total. The number of rotatable bonds is 4. The monoisotopic (exact) mass is 355 g/mol. The van der Waals surface area contributed by atoms with Gasteiger partial charge in [-0.25, -0.2) is 4.39 Å². The van der Waals surface area contributed by atoms with Crippen LogP contribution in [0.2, 0.25) is 0 Å². The highest BCUT2D eigenvalue weighted by Gasteiger charge is 2.43. The number of carbonyl (C=O) groups is 1. The van der Waals surface area contributed by atoms with Crippen LogP contribution in [-0.4, -0.2) is 43.1 Å². The Morgan fingerprint density at radius 3 is 2.88 bits per heavy atom. The lowest BCUT2D eigenvalue weighted by Crippen LogP contribution is -2.56. The van der Waals surface area contributed by atoms with Crippen molar-refractivity contribution in [1.82, 2.24) is 25.3 Å². The summed E-state index contributed by atoms with van der Waals surface area (Å²) in [5.74, 6) is -0.808. The quantitative estimate of drug-likeness (QED) is 0.665. The standard InChI is InChI=1S/C18H18FN5O2/c1-10-7-21-24(9-10)17-14(6-15(17)25)22-18(26)12-8-20-23-16(12)11-4-2-3-5-13(11)19/h2-5,7-9,14-15,17,25H,6H2,1H3,(H,20,23)(H,22,26)/t14-,15+,17+/m0/s1. The van der Waals surface area contributed by atoms with Gasteiger partial charge in [-0.05, 0) is 31.0 Å². The first-order valence-corrected chi connectivity index (χ1v) is 8.32. The van der Waals surface area contributed by atoms with Gasteiger partial charge < -0.3 is 10.4 Å². The van der Waals surface area contributed by atoms with Crippen molar-refractivity contribution in [1.29, 1.82) is 0 Å². The molecular weight excluding hydrogens is 337 g/mol. The second kappa shape index (κ2) is 6.38. The number of amides is 1. The topological polar surface area (TPSA) is 95.8 Å². The fourth-order valence-electron chi connectivity index (χ4n) is 3.29. The molecular formula is C18H18FN5O2. The fourth-order valence-corrected chi connectivity index (χ4v) is 3.29. The van der Waals surface area contributed by atoms with Gasteiger partial charge in [0.2, 0.25) is 0 Å². The first-order valence-electron chi connectivity index (χ1n) is 8.32. The Kier molecular flexibility index (Phi) is 4.04. The average molecular weight is 355 g/mol. The average Bonchev–Trinajstić information content (AvgIpc) is 3.24. The lowest BCUT2D eigenvalue weighted by molar-refractivity contribution is -0.00589. The number of nitrogens with one attached hydrogen (secondary N) is 2. The van der Waals surface area contributed by atoms with Crippen LogP contribution in [0.15, 0.2) is 42.9 Å². The molecule has 1 saturated carbocycles. The Balaban J connectivity index is 1.55. The number of benzene rings is 1. The number of H-pyrrole nitrogens is 1. The number of aliphatic hydroxyl groups excluding tert-OH is 1. The molecule has 0 bridgehead atoms. The van der Waals surface area contributed by atoms with Gasteiger partial charge in [-0.3, -0.25) is 14.6 Å². The maximum absolute atomic E-state index is 14.0. The highest BCUT2D eigenvalue weighted by atomic mass is 19.1. The maximum atomic E-state index is 14.0. The number of carbonyl (C=O) groups excluding carboxylic acids is 1. The SMILES string of the molecule is Cc1cnn([C@H]2[C@H](O)C[C@@H]2NC(=O)c2cn[nH]c2-c2ccccc2F)c1. The number of aromatic amines is 1. The summed E-state index contributed by atoms with van der Waals surface area (Å²) in [6.45, 7) is 1.91. The highest BCUT2D eigenvalue weighted by Crippen LogP contribution is 2.33. The minimum Gasteiger partial charge on any atom is -0.391 e. The van der Waals surface area contributed by atoms with E-state index in [1.165, 1.54) is 12.3 Å². The minimum atomic E-state index is -0.574. The number of aromatic nitrogens is 4. The number of halogens is 1. The molecule has 7 nitrogen and oxygen atoms in total. The molecule has 1 amide bonds. The number of hydrogen-bond acceptors (Lipinski definition) is 4. The summed E-state index contributed by atoms with van der Waals surface area (Å²) in [5.41, 5.74) is 1.84. The lowest BCUT2D eigenvalue weighted by Gasteiger charge is -2.41. The van der Waals surface area contributed by atoms with Gasteiger partial charge in [0.25, 0.3) is 5.91 Å². The number of aryl methyl sites for hydroxylation is 1. The zero-order valence-corrected chi connectivity index (χ0v) is 14.1. The summed E-state index contributed by atoms with van der Waals surface area (Å²) in [6.07, 6.45) is 4.77. The third-order valence-electron chi connectivity index (χ3n) is 4.68. The summed E-state index contributed by atoms with van der Waals surface area (Å²) in [6, 6.07) is 5.61. The Bertz CT molecular complexity index is 950. The van der Waals surface area contributed by atoms with E-state index in [0.717, 1.165) is 5.56 Å². The van der Waals surface area contributed by atoms with Gasteiger partial charge in [-0.2, -0.15) is 10.2 Å². The van der Waals surface area contributed by atoms with Crippen LogP contribution < -0.4 is 5.32 Å². The van der Waals surface area contributed by atoms with Crippen LogP contribution in [-0.2, 0) is 0 Å². The highest BCUT2D eigenvalue weighted by molar-refractivity contribution is 6.00. The van der Waals surface area contributed by atoms with Crippen LogP contribution >= 0.6 is 0 Å². The van der Waals surface area contributed by atoms with Gasteiger partial charge in [-0.15, -0.1) is 0 Å². The normalized spacial score (nSPS) is 22.0. The molecule has 0 saturated heterocycles. The minimum absolute atomic E-state index is 0.256. The Labute approximate surface area is 148 Å². The van der Waals surface area contributed by atoms with E-state index in [1.54, 1.807) is 29.1 Å². The number of aliphatic hydroxyl groups is 1. The molecule has 1 fully saturated rings. The first-order chi connectivity index (χ1) is 12.5. The zero-order valence-electron chi connectivity index (χ0n) is 14.1. The van der Waals surface area contributed by atoms with Crippen molar-refractivity contribution in [2.24, 2.45) is 0 Å². The molecule has 1 aromatic carbocycles. The van der Waals surface area contributed by atoms with E-state index in [2.05, 4.69) is 20.6 Å². The second-order valence-electron chi connectivity index (χ2n) is 6.51. The predicted molar refractivity (Wildman–Crippen MR) is 91.9 cm³/mol. The molecule has 0 aliphatic heterocycles. The predicted octanol–water partition coefficient (Wildman–Crippen LogP) is 1.83. The van der Waals surface area contributed by atoms with E-state index in [4.69, 9.17) is 0 Å². The molecule has 0 spiro atoms. The molecule has 1 aliphatic carbocycles. The van der Waals surface area contributed by atoms with Crippen LogP contribution in [0.3, 0.4) is 0 Å². The third kappa shape index (κ3) is 2.78. The van der Waals surface area contributed by atoms with E-state index >= 15 is 0 Å². The maximum Gasteiger partial charge on any atom is 0.255 e. The van der Waals surface area contributed by atoms with Gasteiger partial charge in [0.05, 0.1) is 41.8 Å². The van der Waals surface area contributed by atoms with E-state index in [-0.39, 0.29) is 29.1 Å². The second-order valence-corrected chi connectivity index (χ2v) is 6.51. The molecule has 3 aromatic rings. The van der Waals surface area contributed by atoms with Crippen molar-refractivity contribution < 1.29 is 14.3 Å². The molecule has 2 heterocycles. The smallest absolute Gasteiger partial charge is 0.255 e. The Hall–Kier alpha value is -3.00. The van der Waals surface area contributed by atoms with Crippen molar-refractivity contribution in [3.05, 3.63) is 59.8 Å². The zero-order chi connectivity index (χ0) is 18.3. The van der Waals surface area contributed by atoms with Gasteiger partial charge in [0.15, 0.2) is 0 Å². The van der Waals surface area contributed by atoms with E-state index in [9.17, 15) is 14.3 Å². The lowest BCUT2D eigenvalue weighted by atomic mass is 9.83. The molecule has 134 valence electrons. The van der Waals surface area contributed by atoms with Crippen LogP contribution in [0.4, 0.5) is 4.39 Å². The van der Waals surface area contributed by atoms with Crippen LogP contribution in [0.1, 0.15) is 28.4 Å². The molecule has 0 unspecified atom stereocenters. The third-order valence-corrected chi connectivity index (χ3v) is 4.68. The Morgan fingerprint density at radius 1 is 1.38 bits per heavy atom. The molecule has 8 heteroatoms. The molecule has 26 heavy (non-hydrogen) atoms.